The van der Waals surface area contributed by atoms with Crippen LogP contribution < -0.4 is 10.9 Å². The Bertz CT molecular complexity index is 1500. The highest BCUT2D eigenvalue weighted by Gasteiger charge is 2.48. The van der Waals surface area contributed by atoms with Gasteiger partial charge in [0, 0.05) is 30.2 Å². The summed E-state index contributed by atoms with van der Waals surface area (Å²) in [4.78, 5) is 63.4. The maximum absolute atomic E-state index is 12.7. The Morgan fingerprint density at radius 3 is 2.70 bits per heavy atom. The predicted molar refractivity (Wildman–Crippen MR) is 140 cm³/mol. The van der Waals surface area contributed by atoms with Crippen LogP contribution in [0.1, 0.15) is 43.8 Å². The van der Waals surface area contributed by atoms with E-state index in [1.54, 1.807) is 44.2 Å². The molecule has 0 radical (unpaired) electrons. The lowest BCUT2D eigenvalue weighted by molar-refractivity contribution is -0.153. The van der Waals surface area contributed by atoms with Gasteiger partial charge in [-0.1, -0.05) is 37.2 Å². The Balaban J connectivity index is 1.69. The molecule has 1 unspecified atom stereocenters. The minimum Gasteiger partial charge on any atom is -0.459 e. The number of hydrogen-bond acceptors (Lipinski definition) is 10. The zero-order chi connectivity index (χ0) is 28.8. The fourth-order valence-corrected chi connectivity index (χ4v) is 4.35. The second-order valence-electron chi connectivity index (χ2n) is 9.39. The fraction of sp³-hybridized carbons (Fsp3) is 0.440. The third kappa shape index (κ3) is 6.27. The lowest BCUT2D eigenvalue weighted by atomic mass is 9.94. The van der Waals surface area contributed by atoms with E-state index in [0.717, 1.165) is 0 Å². The topological polar surface area (TPSA) is 203 Å². The van der Waals surface area contributed by atoms with Crippen molar-refractivity contribution in [1.29, 1.82) is 0 Å². The van der Waals surface area contributed by atoms with Crippen molar-refractivity contribution in [3.8, 4) is 0 Å². The number of carbonyl (C=O) groups excluding carboxylic acids is 3. The van der Waals surface area contributed by atoms with E-state index >= 15 is 0 Å². The SMILES string of the molecule is CC(=O)OC1[C@H](n2cnc3c(=O)[nH]c(NC(=O)C(C)C)nc32)O[C@H](COC(=O)c2ccccc2)[C@H]1CCN=[N+]=[N-]. The quantitative estimate of drug-likeness (QED) is 0.164. The second-order valence-corrected chi connectivity index (χ2v) is 9.39. The van der Waals surface area contributed by atoms with Gasteiger partial charge in [0.1, 0.15) is 12.7 Å². The molecule has 1 amide bonds. The molecule has 2 N–H and O–H groups in total. The third-order valence-electron chi connectivity index (χ3n) is 6.28. The van der Waals surface area contributed by atoms with Crippen LogP contribution >= 0.6 is 0 Å². The number of rotatable bonds is 10. The molecule has 1 aliphatic rings. The van der Waals surface area contributed by atoms with Crippen LogP contribution in [0, 0.1) is 11.8 Å². The van der Waals surface area contributed by atoms with Crippen LogP contribution in [-0.4, -0.2) is 62.7 Å². The van der Waals surface area contributed by atoms with Gasteiger partial charge in [0.2, 0.25) is 11.9 Å². The molecular formula is C25H28N8O7. The van der Waals surface area contributed by atoms with Crippen LogP contribution in [-0.2, 0) is 23.8 Å². The number of H-pyrrole nitrogens is 1. The van der Waals surface area contributed by atoms with Gasteiger partial charge in [-0.3, -0.25) is 29.3 Å². The molecule has 15 heteroatoms. The van der Waals surface area contributed by atoms with E-state index in [0.29, 0.717) is 5.56 Å². The number of anilines is 1. The number of benzene rings is 1. The van der Waals surface area contributed by atoms with Crippen molar-refractivity contribution in [2.24, 2.45) is 17.0 Å². The Hall–Kier alpha value is -4.75. The summed E-state index contributed by atoms with van der Waals surface area (Å²) in [5.74, 6) is -2.56. The average Bonchev–Trinajstić information content (AvgIpc) is 3.49. The summed E-state index contributed by atoms with van der Waals surface area (Å²) in [6.45, 7) is 4.48. The minimum absolute atomic E-state index is 0.0303. The number of nitrogens with one attached hydrogen (secondary N) is 2. The summed E-state index contributed by atoms with van der Waals surface area (Å²) in [6.07, 6.45) is -1.21. The van der Waals surface area contributed by atoms with Gasteiger partial charge in [0.05, 0.1) is 11.9 Å². The maximum atomic E-state index is 12.7. The van der Waals surface area contributed by atoms with Gasteiger partial charge in [0.25, 0.3) is 5.56 Å². The van der Waals surface area contributed by atoms with Crippen LogP contribution in [0.3, 0.4) is 0 Å². The van der Waals surface area contributed by atoms with E-state index in [1.807, 2.05) is 0 Å². The van der Waals surface area contributed by atoms with Crippen LogP contribution in [0.15, 0.2) is 46.6 Å². The molecular weight excluding hydrogens is 524 g/mol. The Kier molecular flexibility index (Phi) is 8.76. The number of ether oxygens (including phenoxy) is 3. The van der Waals surface area contributed by atoms with Crippen molar-refractivity contribution < 1.29 is 28.6 Å². The number of hydrogen-bond donors (Lipinski definition) is 2. The highest BCUT2D eigenvalue weighted by atomic mass is 16.6. The smallest absolute Gasteiger partial charge is 0.338 e. The maximum Gasteiger partial charge on any atom is 0.338 e. The number of aromatic amines is 1. The number of aromatic nitrogens is 4. The van der Waals surface area contributed by atoms with Crippen LogP contribution in [0.4, 0.5) is 5.95 Å². The van der Waals surface area contributed by atoms with E-state index in [-0.39, 0.29) is 48.5 Å². The van der Waals surface area contributed by atoms with Gasteiger partial charge in [-0.2, -0.15) is 4.98 Å². The number of fused-ring (bicyclic) bond motifs is 1. The first kappa shape index (κ1) is 28.3. The summed E-state index contributed by atoms with van der Waals surface area (Å²) in [5, 5.41) is 6.14. The third-order valence-corrected chi connectivity index (χ3v) is 6.28. The van der Waals surface area contributed by atoms with E-state index in [1.165, 1.54) is 17.8 Å². The summed E-state index contributed by atoms with van der Waals surface area (Å²) in [5.41, 5.74) is 8.57. The predicted octanol–water partition coefficient (Wildman–Crippen LogP) is 2.72. The number of carbonyl (C=O) groups is 3. The van der Waals surface area contributed by atoms with Crippen molar-refractivity contribution in [2.75, 3.05) is 18.5 Å². The van der Waals surface area contributed by atoms with Gasteiger partial charge in [-0.15, -0.1) is 0 Å². The standard InChI is InChI=1S/C25H28N8O7/c1-13(2)21(35)30-25-29-20-18(22(36)31-25)27-12-33(20)23-19(39-14(3)34)16(9-10-28-32-26)17(40-23)11-38-24(37)15-7-5-4-6-8-15/h4-8,12-13,16-17,19,23H,9-11H2,1-3H3,(H2,29,30,31,35,36)/t16-,17-,19?,23-/m1/s1. The van der Waals surface area contributed by atoms with Crippen molar-refractivity contribution in [3.63, 3.8) is 0 Å². The molecule has 1 fully saturated rings. The molecule has 0 spiro atoms. The van der Waals surface area contributed by atoms with Gasteiger partial charge >= 0.3 is 11.9 Å². The lowest BCUT2D eigenvalue weighted by Gasteiger charge is -2.24. The molecule has 2 aromatic heterocycles. The van der Waals surface area contributed by atoms with Crippen molar-refractivity contribution in [1.82, 2.24) is 19.5 Å². The van der Waals surface area contributed by atoms with E-state index < -0.39 is 41.9 Å². The molecule has 0 aliphatic carbocycles. The normalized spacial score (nSPS) is 20.2. The monoisotopic (exact) mass is 552 g/mol. The van der Waals surface area contributed by atoms with Crippen LogP contribution in [0.25, 0.3) is 21.6 Å². The Labute approximate surface area is 227 Å². The minimum atomic E-state index is -1.03. The first-order valence-electron chi connectivity index (χ1n) is 12.5. The first-order chi connectivity index (χ1) is 19.2. The fourth-order valence-electron chi connectivity index (χ4n) is 4.35. The summed E-state index contributed by atoms with van der Waals surface area (Å²) >= 11 is 0. The second kappa shape index (κ2) is 12.4. The largest absolute Gasteiger partial charge is 0.459 e. The molecule has 4 rings (SSSR count). The number of imidazole rings is 1. The molecule has 40 heavy (non-hydrogen) atoms. The molecule has 3 heterocycles. The van der Waals surface area contributed by atoms with Crippen LogP contribution in [0.5, 0.6) is 0 Å². The summed E-state index contributed by atoms with van der Waals surface area (Å²) in [6, 6.07) is 8.39. The molecule has 4 atom stereocenters. The molecule has 3 aromatic rings. The molecule has 0 bridgehead atoms. The van der Waals surface area contributed by atoms with E-state index in [2.05, 4.69) is 30.3 Å². The molecule has 1 saturated heterocycles. The Morgan fingerprint density at radius 2 is 2.02 bits per heavy atom. The summed E-state index contributed by atoms with van der Waals surface area (Å²) in [7, 11) is 0. The Morgan fingerprint density at radius 1 is 1.27 bits per heavy atom. The highest BCUT2D eigenvalue weighted by molar-refractivity contribution is 5.91. The molecule has 1 aromatic carbocycles. The zero-order valence-electron chi connectivity index (χ0n) is 22.0. The zero-order valence-corrected chi connectivity index (χ0v) is 22.0. The molecule has 15 nitrogen and oxygen atoms in total. The number of esters is 2. The van der Waals surface area contributed by atoms with Crippen LogP contribution in [0.2, 0.25) is 0 Å². The van der Waals surface area contributed by atoms with Crippen molar-refractivity contribution in [2.45, 2.75) is 45.6 Å². The van der Waals surface area contributed by atoms with Gasteiger partial charge in [-0.05, 0) is 24.1 Å². The van der Waals surface area contributed by atoms with E-state index in [9.17, 15) is 19.2 Å². The number of azide groups is 1. The number of nitrogens with zero attached hydrogens (tertiary/aromatic N) is 6. The van der Waals surface area contributed by atoms with Crippen molar-refractivity contribution >= 4 is 35.0 Å². The lowest BCUT2D eigenvalue weighted by Crippen LogP contribution is -2.33. The molecule has 1 aliphatic heterocycles. The average molecular weight is 553 g/mol. The number of amides is 1. The van der Waals surface area contributed by atoms with Crippen molar-refractivity contribution in [3.05, 3.63) is 63.0 Å². The van der Waals surface area contributed by atoms with Gasteiger partial charge < -0.3 is 14.2 Å². The first-order valence-corrected chi connectivity index (χ1v) is 12.5. The van der Waals surface area contributed by atoms with E-state index in [4.69, 9.17) is 19.7 Å². The molecule has 210 valence electrons. The highest BCUT2D eigenvalue weighted by Crippen LogP contribution is 2.39. The van der Waals surface area contributed by atoms with Gasteiger partial charge in [0.15, 0.2) is 23.5 Å². The summed E-state index contributed by atoms with van der Waals surface area (Å²) < 4.78 is 18.8. The van der Waals surface area contributed by atoms with Gasteiger partial charge in [-0.25, -0.2) is 9.78 Å². The molecule has 0 saturated carbocycles.